The lowest BCUT2D eigenvalue weighted by Crippen LogP contribution is -2.38. The third-order valence-corrected chi connectivity index (χ3v) is 6.18. The van der Waals surface area contributed by atoms with Crippen LogP contribution in [0.15, 0.2) is 53.4 Å². The zero-order valence-corrected chi connectivity index (χ0v) is 18.5. The van der Waals surface area contributed by atoms with Crippen LogP contribution in [0.25, 0.3) is 0 Å². The van der Waals surface area contributed by atoms with Gasteiger partial charge in [0.25, 0.3) is 0 Å². The highest BCUT2D eigenvalue weighted by Crippen LogP contribution is 2.22. The number of benzene rings is 2. The van der Waals surface area contributed by atoms with Gasteiger partial charge < -0.3 is 23.3 Å². The summed E-state index contributed by atoms with van der Waals surface area (Å²) in [5.74, 6) is 0.618. The van der Waals surface area contributed by atoms with Crippen molar-refractivity contribution in [2.24, 2.45) is 0 Å². The number of carbonyl (C=O) groups excluding carboxylic acids is 1. The third-order valence-electron chi connectivity index (χ3n) is 4.92. The highest BCUT2D eigenvalue weighted by atomic mass is 32.2. The first-order valence-corrected chi connectivity index (χ1v) is 11.4. The summed E-state index contributed by atoms with van der Waals surface area (Å²) in [7, 11) is -0.974. The Morgan fingerprint density at radius 3 is 2.32 bits per heavy atom. The number of ether oxygens (including phenoxy) is 3. The molecule has 0 aliphatic carbocycles. The smallest absolute Gasteiger partial charge is 0.339 e. The topological polar surface area (TPSA) is 91.4 Å². The van der Waals surface area contributed by atoms with Crippen molar-refractivity contribution >= 4 is 16.0 Å². The molecular weight excluding hydrogens is 422 g/mol. The van der Waals surface area contributed by atoms with Crippen molar-refractivity contribution in [3.63, 3.8) is 0 Å². The maximum Gasteiger partial charge on any atom is 0.339 e. The van der Waals surface area contributed by atoms with Crippen LogP contribution in [0.2, 0.25) is 0 Å². The van der Waals surface area contributed by atoms with Gasteiger partial charge in [-0.15, -0.1) is 0 Å². The average molecular weight is 450 g/mol. The first-order valence-electron chi connectivity index (χ1n) is 9.97. The second kappa shape index (κ2) is 10.6. The molecule has 1 atom stereocenters. The molecule has 1 saturated heterocycles. The zero-order chi connectivity index (χ0) is 22.3. The van der Waals surface area contributed by atoms with Crippen LogP contribution < -0.4 is 8.92 Å². The van der Waals surface area contributed by atoms with Gasteiger partial charge in [0.05, 0.1) is 13.2 Å². The van der Waals surface area contributed by atoms with Gasteiger partial charge >= 0.3 is 10.1 Å². The molecule has 2 aromatic carbocycles. The van der Waals surface area contributed by atoms with Crippen molar-refractivity contribution in [1.82, 2.24) is 4.90 Å². The van der Waals surface area contributed by atoms with Gasteiger partial charge in [-0.25, -0.2) is 0 Å². The lowest BCUT2D eigenvalue weighted by Gasteiger charge is -2.25. The molecule has 9 heteroatoms. The predicted molar refractivity (Wildman–Crippen MR) is 114 cm³/mol. The van der Waals surface area contributed by atoms with Crippen LogP contribution in [0.3, 0.4) is 0 Å². The SMILES string of the molecule is COCC(=O)N(Cc1ccc(OS(=O)(=O)c2ccc(OC)cc2)cc1)CC1CCCO1. The van der Waals surface area contributed by atoms with Crippen molar-refractivity contribution in [3.8, 4) is 11.5 Å². The Morgan fingerprint density at radius 2 is 1.74 bits per heavy atom. The molecule has 31 heavy (non-hydrogen) atoms. The summed E-state index contributed by atoms with van der Waals surface area (Å²) in [6.07, 6.45) is 1.94. The van der Waals surface area contributed by atoms with E-state index in [9.17, 15) is 13.2 Å². The minimum Gasteiger partial charge on any atom is -0.497 e. The van der Waals surface area contributed by atoms with Gasteiger partial charge in [0.15, 0.2) is 0 Å². The largest absolute Gasteiger partial charge is 0.497 e. The van der Waals surface area contributed by atoms with Crippen LogP contribution in [0.1, 0.15) is 18.4 Å². The van der Waals surface area contributed by atoms with Crippen molar-refractivity contribution in [1.29, 1.82) is 0 Å². The third kappa shape index (κ3) is 6.43. The van der Waals surface area contributed by atoms with E-state index < -0.39 is 10.1 Å². The molecule has 0 bridgehead atoms. The van der Waals surface area contributed by atoms with Gasteiger partial charge in [0.2, 0.25) is 5.91 Å². The molecule has 1 aliphatic rings. The van der Waals surface area contributed by atoms with Crippen LogP contribution in [0.5, 0.6) is 11.5 Å². The Labute approximate surface area is 182 Å². The minimum absolute atomic E-state index is 0.00593. The molecule has 0 radical (unpaired) electrons. The van der Waals surface area contributed by atoms with E-state index in [0.717, 1.165) is 18.4 Å². The molecule has 3 rings (SSSR count). The molecule has 0 N–H and O–H groups in total. The molecule has 8 nitrogen and oxygen atoms in total. The van der Waals surface area contributed by atoms with Gasteiger partial charge in [0.1, 0.15) is 23.0 Å². The molecule has 0 aromatic heterocycles. The van der Waals surface area contributed by atoms with Gasteiger partial charge in [0, 0.05) is 26.8 Å². The monoisotopic (exact) mass is 449 g/mol. The highest BCUT2D eigenvalue weighted by Gasteiger charge is 2.23. The van der Waals surface area contributed by atoms with E-state index in [-0.39, 0.29) is 29.3 Å². The molecule has 0 spiro atoms. The second-order valence-corrected chi connectivity index (χ2v) is 8.75. The molecule has 2 aromatic rings. The van der Waals surface area contributed by atoms with Crippen molar-refractivity contribution < 1.29 is 31.6 Å². The molecule has 1 unspecified atom stereocenters. The summed E-state index contributed by atoms with van der Waals surface area (Å²) >= 11 is 0. The van der Waals surface area contributed by atoms with Crippen LogP contribution in [0, 0.1) is 0 Å². The van der Waals surface area contributed by atoms with E-state index in [2.05, 4.69) is 0 Å². The summed E-state index contributed by atoms with van der Waals surface area (Å²) in [6.45, 7) is 1.57. The Hall–Kier alpha value is -2.62. The quantitative estimate of drug-likeness (QED) is 0.515. The lowest BCUT2D eigenvalue weighted by molar-refractivity contribution is -0.137. The first-order chi connectivity index (χ1) is 14.9. The number of carbonyl (C=O) groups is 1. The number of hydrogen-bond donors (Lipinski definition) is 0. The second-order valence-electron chi connectivity index (χ2n) is 7.20. The number of amides is 1. The normalized spacial score (nSPS) is 16.1. The fraction of sp³-hybridized carbons (Fsp3) is 0.409. The standard InChI is InChI=1S/C22H27NO7S/c1-27-16-22(24)23(15-20-4-3-13-29-20)14-17-5-7-19(8-6-17)30-31(25,26)21-11-9-18(28-2)10-12-21/h5-12,20H,3-4,13-16H2,1-2H3. The molecular formula is C22H27NO7S. The Bertz CT molecular complexity index is 952. The van der Waals surface area contributed by atoms with E-state index in [1.165, 1.54) is 26.4 Å². The number of hydrogen-bond acceptors (Lipinski definition) is 7. The Balaban J connectivity index is 1.66. The summed E-state index contributed by atoms with van der Waals surface area (Å²) in [6, 6.07) is 12.6. The minimum atomic E-state index is -3.96. The van der Waals surface area contributed by atoms with Crippen molar-refractivity contribution in [2.75, 3.05) is 34.0 Å². The fourth-order valence-corrected chi connectivity index (χ4v) is 4.22. The molecule has 1 amide bonds. The van der Waals surface area contributed by atoms with Crippen molar-refractivity contribution in [2.45, 2.75) is 30.4 Å². The van der Waals surface area contributed by atoms with Crippen molar-refractivity contribution in [3.05, 3.63) is 54.1 Å². The first kappa shape index (κ1) is 23.1. The summed E-state index contributed by atoms with van der Waals surface area (Å²) in [4.78, 5) is 14.2. The number of rotatable bonds is 10. The van der Waals surface area contributed by atoms with Crippen LogP contribution >= 0.6 is 0 Å². The molecule has 1 fully saturated rings. The number of methoxy groups -OCH3 is 2. The lowest BCUT2D eigenvalue weighted by atomic mass is 10.1. The van der Waals surface area contributed by atoms with E-state index >= 15 is 0 Å². The highest BCUT2D eigenvalue weighted by molar-refractivity contribution is 7.87. The molecule has 1 aliphatic heterocycles. The Kier molecular flexibility index (Phi) is 7.89. The van der Waals surface area contributed by atoms with Crippen LogP contribution in [-0.4, -0.2) is 59.3 Å². The van der Waals surface area contributed by atoms with Crippen LogP contribution in [-0.2, 0) is 30.9 Å². The fourth-order valence-electron chi connectivity index (χ4n) is 3.29. The average Bonchev–Trinajstić information content (AvgIpc) is 3.28. The van der Waals surface area contributed by atoms with Gasteiger partial charge in [-0.3, -0.25) is 4.79 Å². The maximum atomic E-state index is 12.5. The van der Waals surface area contributed by atoms with Gasteiger partial charge in [-0.05, 0) is 54.8 Å². The van der Waals surface area contributed by atoms with E-state index in [4.69, 9.17) is 18.4 Å². The zero-order valence-electron chi connectivity index (χ0n) is 17.7. The maximum absolute atomic E-state index is 12.5. The summed E-state index contributed by atoms with van der Waals surface area (Å²) < 4.78 is 45.9. The van der Waals surface area contributed by atoms with Crippen LogP contribution in [0.4, 0.5) is 0 Å². The van der Waals surface area contributed by atoms with E-state index in [0.29, 0.717) is 25.4 Å². The Morgan fingerprint density at radius 1 is 1.06 bits per heavy atom. The van der Waals surface area contributed by atoms with E-state index in [1.807, 2.05) is 0 Å². The molecule has 1 heterocycles. The van der Waals surface area contributed by atoms with E-state index in [1.54, 1.807) is 41.3 Å². The predicted octanol–water partition coefficient (Wildman–Crippen LogP) is 2.62. The van der Waals surface area contributed by atoms with Gasteiger partial charge in [-0.1, -0.05) is 12.1 Å². The molecule has 0 saturated carbocycles. The summed E-state index contributed by atoms with van der Waals surface area (Å²) in [5.41, 5.74) is 0.844. The summed E-state index contributed by atoms with van der Waals surface area (Å²) in [5, 5.41) is 0. The van der Waals surface area contributed by atoms with Gasteiger partial charge in [-0.2, -0.15) is 8.42 Å². The number of nitrogens with zero attached hydrogens (tertiary/aromatic N) is 1. The molecule has 168 valence electrons.